The molecular formula is C62H118O6. The van der Waals surface area contributed by atoms with Crippen molar-refractivity contribution in [2.24, 2.45) is 0 Å². The van der Waals surface area contributed by atoms with E-state index in [1.54, 1.807) is 0 Å². The molecule has 0 spiro atoms. The van der Waals surface area contributed by atoms with Gasteiger partial charge in [-0.25, -0.2) is 0 Å². The van der Waals surface area contributed by atoms with Crippen molar-refractivity contribution in [2.75, 3.05) is 13.2 Å². The van der Waals surface area contributed by atoms with Gasteiger partial charge in [-0.1, -0.05) is 296 Å². The van der Waals surface area contributed by atoms with Crippen LogP contribution in [0.1, 0.15) is 348 Å². The Morgan fingerprint density at radius 2 is 0.485 bits per heavy atom. The van der Waals surface area contributed by atoms with E-state index in [0.29, 0.717) is 19.3 Å². The number of rotatable bonds is 57. The van der Waals surface area contributed by atoms with Crippen molar-refractivity contribution in [1.29, 1.82) is 0 Å². The van der Waals surface area contributed by atoms with Crippen LogP contribution in [0.5, 0.6) is 0 Å². The number of carbonyl (C=O) groups is 3. The standard InChI is InChI=1S/C62H118O6/c1-4-7-10-13-16-19-22-25-26-27-28-29-30-31-32-33-34-35-38-40-43-46-49-52-55-61(64)67-58-59(68-62(65)56-53-50-47-44-41-37-24-21-18-15-12-9-6-3)57-66-60(63)54-51-48-45-42-39-36-23-20-17-14-11-8-5-2/h21,24,59H,4-20,22-23,25-58H2,1-3H3/b24-21-. The highest BCUT2D eigenvalue weighted by molar-refractivity contribution is 5.71. The number of carbonyl (C=O) groups excluding carboxylic acids is 3. The second-order valence-electron chi connectivity index (χ2n) is 21.0. The Morgan fingerprint density at radius 1 is 0.279 bits per heavy atom. The largest absolute Gasteiger partial charge is 0.462 e. The van der Waals surface area contributed by atoms with Gasteiger partial charge in [-0.15, -0.1) is 0 Å². The van der Waals surface area contributed by atoms with E-state index >= 15 is 0 Å². The maximum Gasteiger partial charge on any atom is 0.306 e. The predicted octanol–water partition coefficient (Wildman–Crippen LogP) is 20.5. The molecule has 0 aromatic heterocycles. The Morgan fingerprint density at radius 3 is 0.750 bits per heavy atom. The molecule has 0 radical (unpaired) electrons. The zero-order valence-electron chi connectivity index (χ0n) is 46.2. The van der Waals surface area contributed by atoms with Gasteiger partial charge in [0.1, 0.15) is 13.2 Å². The summed E-state index contributed by atoms with van der Waals surface area (Å²) in [5, 5.41) is 0. The summed E-state index contributed by atoms with van der Waals surface area (Å²) in [6.45, 7) is 6.68. The molecule has 0 saturated carbocycles. The average molecular weight is 960 g/mol. The lowest BCUT2D eigenvalue weighted by atomic mass is 10.0. The molecule has 0 aliphatic rings. The van der Waals surface area contributed by atoms with E-state index in [1.807, 2.05) is 0 Å². The van der Waals surface area contributed by atoms with Crippen molar-refractivity contribution in [2.45, 2.75) is 354 Å². The van der Waals surface area contributed by atoms with E-state index in [9.17, 15) is 14.4 Å². The summed E-state index contributed by atoms with van der Waals surface area (Å²) in [7, 11) is 0. The lowest BCUT2D eigenvalue weighted by Crippen LogP contribution is -2.30. The Kier molecular flexibility index (Phi) is 56.2. The first-order chi connectivity index (χ1) is 33.5. The molecule has 402 valence electrons. The Hall–Kier alpha value is -1.85. The highest BCUT2D eigenvalue weighted by atomic mass is 16.6. The van der Waals surface area contributed by atoms with Crippen molar-refractivity contribution >= 4 is 17.9 Å². The predicted molar refractivity (Wildman–Crippen MR) is 293 cm³/mol. The van der Waals surface area contributed by atoms with Crippen LogP contribution in [0.25, 0.3) is 0 Å². The molecule has 6 nitrogen and oxygen atoms in total. The van der Waals surface area contributed by atoms with Crippen LogP contribution in [-0.4, -0.2) is 37.2 Å². The van der Waals surface area contributed by atoms with Crippen LogP contribution in [-0.2, 0) is 28.6 Å². The maximum absolute atomic E-state index is 12.8. The summed E-state index contributed by atoms with van der Waals surface area (Å²) in [6.07, 6.45) is 66.5. The number of esters is 3. The van der Waals surface area contributed by atoms with Gasteiger partial charge >= 0.3 is 17.9 Å². The second-order valence-corrected chi connectivity index (χ2v) is 21.0. The minimum absolute atomic E-state index is 0.0673. The second kappa shape index (κ2) is 57.7. The monoisotopic (exact) mass is 959 g/mol. The van der Waals surface area contributed by atoms with Crippen LogP contribution in [0.4, 0.5) is 0 Å². The molecule has 0 aromatic rings. The Bertz CT molecular complexity index is 1060. The van der Waals surface area contributed by atoms with Crippen molar-refractivity contribution < 1.29 is 28.6 Å². The van der Waals surface area contributed by atoms with Crippen LogP contribution in [0.2, 0.25) is 0 Å². The Balaban J connectivity index is 4.18. The molecule has 0 bridgehead atoms. The highest BCUT2D eigenvalue weighted by Crippen LogP contribution is 2.18. The smallest absolute Gasteiger partial charge is 0.306 e. The van der Waals surface area contributed by atoms with Crippen molar-refractivity contribution in [3.63, 3.8) is 0 Å². The first-order valence-electron chi connectivity index (χ1n) is 30.7. The van der Waals surface area contributed by atoms with Gasteiger partial charge in [0.15, 0.2) is 6.10 Å². The molecule has 68 heavy (non-hydrogen) atoms. The topological polar surface area (TPSA) is 78.9 Å². The molecule has 0 N–H and O–H groups in total. The van der Waals surface area contributed by atoms with Crippen molar-refractivity contribution in [3.05, 3.63) is 12.2 Å². The quantitative estimate of drug-likeness (QED) is 0.0262. The minimum Gasteiger partial charge on any atom is -0.462 e. The number of unbranched alkanes of at least 4 members (excludes halogenated alkanes) is 44. The molecule has 6 heteroatoms. The van der Waals surface area contributed by atoms with E-state index < -0.39 is 6.10 Å². The van der Waals surface area contributed by atoms with Crippen LogP contribution >= 0.6 is 0 Å². The summed E-state index contributed by atoms with van der Waals surface area (Å²) in [4.78, 5) is 38.1. The minimum atomic E-state index is -0.769. The van der Waals surface area contributed by atoms with Crippen LogP contribution in [0.15, 0.2) is 12.2 Å². The molecule has 0 rings (SSSR count). The van der Waals surface area contributed by atoms with E-state index in [4.69, 9.17) is 14.2 Å². The van der Waals surface area contributed by atoms with Gasteiger partial charge < -0.3 is 14.2 Å². The summed E-state index contributed by atoms with van der Waals surface area (Å²) >= 11 is 0. The average Bonchev–Trinajstić information content (AvgIpc) is 3.34. The molecule has 0 amide bonds. The van der Waals surface area contributed by atoms with Crippen LogP contribution in [0.3, 0.4) is 0 Å². The highest BCUT2D eigenvalue weighted by Gasteiger charge is 2.19. The van der Waals surface area contributed by atoms with Crippen molar-refractivity contribution in [1.82, 2.24) is 0 Å². The van der Waals surface area contributed by atoms with Gasteiger partial charge in [0, 0.05) is 19.3 Å². The molecular weight excluding hydrogens is 841 g/mol. The SMILES string of the molecule is CCCCCC/C=C\CCCCCCCC(=O)OC(COC(=O)CCCCCCCCCCCCCCC)COC(=O)CCCCCCCCCCCCCCCCCCCCCCCCCC. The summed E-state index contributed by atoms with van der Waals surface area (Å²) in [6, 6.07) is 0. The first-order valence-corrected chi connectivity index (χ1v) is 30.7. The van der Waals surface area contributed by atoms with Crippen LogP contribution < -0.4 is 0 Å². The zero-order chi connectivity index (χ0) is 49.3. The van der Waals surface area contributed by atoms with E-state index in [1.165, 1.54) is 244 Å². The first kappa shape index (κ1) is 66.2. The summed E-state index contributed by atoms with van der Waals surface area (Å²) < 4.78 is 16.9. The zero-order valence-corrected chi connectivity index (χ0v) is 46.2. The molecule has 1 unspecified atom stereocenters. The molecule has 0 aliphatic carbocycles. The molecule has 0 saturated heterocycles. The normalized spacial score (nSPS) is 12.0. The number of hydrogen-bond acceptors (Lipinski definition) is 6. The lowest BCUT2D eigenvalue weighted by molar-refractivity contribution is -0.167. The van der Waals surface area contributed by atoms with Gasteiger partial charge in [0.05, 0.1) is 0 Å². The maximum atomic E-state index is 12.8. The van der Waals surface area contributed by atoms with Gasteiger partial charge in [-0.05, 0) is 44.9 Å². The molecule has 0 aromatic carbocycles. The molecule has 0 aliphatic heterocycles. The van der Waals surface area contributed by atoms with E-state index in [2.05, 4.69) is 32.9 Å². The number of allylic oxidation sites excluding steroid dienone is 2. The fourth-order valence-corrected chi connectivity index (χ4v) is 9.38. The van der Waals surface area contributed by atoms with Crippen LogP contribution in [0, 0.1) is 0 Å². The van der Waals surface area contributed by atoms with Gasteiger partial charge in [0.2, 0.25) is 0 Å². The van der Waals surface area contributed by atoms with E-state index in [-0.39, 0.29) is 31.1 Å². The molecule has 0 fully saturated rings. The van der Waals surface area contributed by atoms with Gasteiger partial charge in [-0.3, -0.25) is 14.4 Å². The fourth-order valence-electron chi connectivity index (χ4n) is 9.38. The third-order valence-electron chi connectivity index (χ3n) is 14.0. The third-order valence-corrected chi connectivity index (χ3v) is 14.0. The number of hydrogen-bond donors (Lipinski definition) is 0. The van der Waals surface area contributed by atoms with E-state index in [0.717, 1.165) is 64.2 Å². The fraction of sp³-hybridized carbons (Fsp3) is 0.919. The third kappa shape index (κ3) is 55.1. The summed E-state index contributed by atoms with van der Waals surface area (Å²) in [5.41, 5.74) is 0. The molecule has 1 atom stereocenters. The van der Waals surface area contributed by atoms with Gasteiger partial charge in [-0.2, -0.15) is 0 Å². The summed E-state index contributed by atoms with van der Waals surface area (Å²) in [5.74, 6) is -0.851. The Labute approximate surface area is 424 Å². The lowest BCUT2D eigenvalue weighted by Gasteiger charge is -2.18. The van der Waals surface area contributed by atoms with Gasteiger partial charge in [0.25, 0.3) is 0 Å². The van der Waals surface area contributed by atoms with Crippen molar-refractivity contribution in [3.8, 4) is 0 Å². The number of ether oxygens (including phenoxy) is 3. The molecule has 0 heterocycles.